The molecule has 0 unspecified atom stereocenters. The Kier molecular flexibility index (Phi) is 6.24. The molecule has 1 aromatic carbocycles. The van der Waals surface area contributed by atoms with Crippen LogP contribution in [-0.2, 0) is 11.3 Å². The van der Waals surface area contributed by atoms with Crippen molar-refractivity contribution in [3.8, 4) is 5.75 Å². The normalized spacial score (nSPS) is 21.3. The Balaban J connectivity index is 2.02. The minimum Gasteiger partial charge on any atom is -0.496 e. The van der Waals surface area contributed by atoms with Gasteiger partial charge in [0.15, 0.2) is 0 Å². The van der Waals surface area contributed by atoms with Gasteiger partial charge in [0.1, 0.15) is 5.75 Å². The molecule has 0 spiro atoms. The van der Waals surface area contributed by atoms with E-state index in [-0.39, 0.29) is 11.9 Å². The average molecular weight is 333 g/mol. The summed E-state index contributed by atoms with van der Waals surface area (Å²) in [6.07, 6.45) is 0.853. The van der Waals surface area contributed by atoms with Crippen LogP contribution in [0.5, 0.6) is 5.75 Å². The maximum Gasteiger partial charge on any atom is 0.237 e. The first kappa shape index (κ1) is 18.7. The number of carbonyl (C=O) groups is 1. The lowest BCUT2D eigenvalue weighted by Gasteiger charge is -2.26. The highest BCUT2D eigenvalue weighted by Gasteiger charge is 2.37. The molecule has 1 aromatic rings. The molecular weight excluding hydrogens is 302 g/mol. The average Bonchev–Trinajstić information content (AvgIpc) is 2.99. The number of ether oxygens (including phenoxy) is 1. The molecule has 1 aliphatic rings. The van der Waals surface area contributed by atoms with Crippen molar-refractivity contribution < 1.29 is 9.53 Å². The molecule has 1 heterocycles. The van der Waals surface area contributed by atoms with Crippen molar-refractivity contribution in [3.05, 3.63) is 28.8 Å². The second-order valence-corrected chi connectivity index (χ2v) is 6.98. The van der Waals surface area contributed by atoms with Crippen LogP contribution in [0, 0.1) is 13.8 Å². The zero-order chi connectivity index (χ0) is 17.9. The van der Waals surface area contributed by atoms with Gasteiger partial charge in [-0.05, 0) is 56.9 Å². The zero-order valence-corrected chi connectivity index (χ0v) is 15.8. The van der Waals surface area contributed by atoms with Crippen LogP contribution in [0.2, 0.25) is 0 Å². The molecule has 1 aliphatic heterocycles. The molecule has 1 amide bonds. The lowest BCUT2D eigenvalue weighted by Crippen LogP contribution is -2.45. The summed E-state index contributed by atoms with van der Waals surface area (Å²) in [5.74, 6) is 1.05. The Bertz CT molecular complexity index is 586. The number of nitrogens with zero attached hydrogens (tertiary/aromatic N) is 1. The van der Waals surface area contributed by atoms with Gasteiger partial charge in [-0.1, -0.05) is 6.07 Å². The van der Waals surface area contributed by atoms with E-state index in [0.717, 1.165) is 30.8 Å². The van der Waals surface area contributed by atoms with Crippen LogP contribution in [0.25, 0.3) is 0 Å². The molecule has 2 N–H and O–H groups in total. The minimum atomic E-state index is -0.0359. The monoisotopic (exact) mass is 333 g/mol. The van der Waals surface area contributed by atoms with Gasteiger partial charge in [-0.15, -0.1) is 0 Å². The molecule has 5 heteroatoms. The van der Waals surface area contributed by atoms with Gasteiger partial charge in [-0.2, -0.15) is 0 Å². The maximum absolute atomic E-state index is 12.1. The Morgan fingerprint density at radius 1 is 1.33 bits per heavy atom. The molecule has 0 bridgehead atoms. The molecule has 2 rings (SSSR count). The van der Waals surface area contributed by atoms with Crippen molar-refractivity contribution in [1.82, 2.24) is 15.5 Å². The topological polar surface area (TPSA) is 53.6 Å². The number of hydrogen-bond donors (Lipinski definition) is 2. The van der Waals surface area contributed by atoms with Crippen LogP contribution in [0.3, 0.4) is 0 Å². The highest BCUT2D eigenvalue weighted by molar-refractivity contribution is 5.81. The number of methoxy groups -OCH3 is 1. The van der Waals surface area contributed by atoms with Gasteiger partial charge in [0.05, 0.1) is 13.2 Å². The number of benzene rings is 1. The van der Waals surface area contributed by atoms with E-state index in [1.807, 2.05) is 0 Å². The third-order valence-corrected chi connectivity index (χ3v) is 4.99. The van der Waals surface area contributed by atoms with E-state index < -0.39 is 0 Å². The number of hydrogen-bond acceptors (Lipinski definition) is 4. The maximum atomic E-state index is 12.1. The van der Waals surface area contributed by atoms with E-state index in [4.69, 9.17) is 4.74 Å². The van der Waals surface area contributed by atoms with Crippen LogP contribution in [0.15, 0.2) is 12.1 Å². The van der Waals surface area contributed by atoms with E-state index >= 15 is 0 Å². The Hall–Kier alpha value is -1.59. The summed E-state index contributed by atoms with van der Waals surface area (Å²) >= 11 is 0. The van der Waals surface area contributed by atoms with Gasteiger partial charge in [0.25, 0.3) is 0 Å². The first-order chi connectivity index (χ1) is 11.4. The van der Waals surface area contributed by atoms with Gasteiger partial charge in [-0.25, -0.2) is 0 Å². The van der Waals surface area contributed by atoms with Crippen molar-refractivity contribution in [3.63, 3.8) is 0 Å². The highest BCUT2D eigenvalue weighted by Crippen LogP contribution is 2.24. The lowest BCUT2D eigenvalue weighted by atomic mass is 10.0. The van der Waals surface area contributed by atoms with Crippen molar-refractivity contribution in [2.75, 3.05) is 20.7 Å². The van der Waals surface area contributed by atoms with Gasteiger partial charge in [-0.3, -0.25) is 9.69 Å². The predicted molar refractivity (Wildman–Crippen MR) is 97.4 cm³/mol. The fraction of sp³-hybridized carbons (Fsp3) is 0.632. The third kappa shape index (κ3) is 4.08. The van der Waals surface area contributed by atoms with E-state index in [2.05, 4.69) is 55.4 Å². The molecule has 24 heavy (non-hydrogen) atoms. The summed E-state index contributed by atoms with van der Waals surface area (Å²) in [6, 6.07) is 4.94. The van der Waals surface area contributed by atoms with Crippen molar-refractivity contribution in [2.24, 2.45) is 0 Å². The minimum absolute atomic E-state index is 0.0359. The number of amides is 1. The number of rotatable bonds is 6. The summed E-state index contributed by atoms with van der Waals surface area (Å²) in [7, 11) is 3.42. The number of carbonyl (C=O) groups excluding carboxylic acids is 1. The van der Waals surface area contributed by atoms with Gasteiger partial charge < -0.3 is 15.4 Å². The van der Waals surface area contributed by atoms with Crippen LogP contribution in [0.4, 0.5) is 0 Å². The SMILES string of the molecule is CNC(=O)[C@@H]1C[C@@H](NCc2cc(C)c(OC)cc2C)CN1C(C)C. The predicted octanol–water partition coefficient (Wildman–Crippen LogP) is 2.00. The quantitative estimate of drug-likeness (QED) is 0.836. The second kappa shape index (κ2) is 7.99. The van der Waals surface area contributed by atoms with Gasteiger partial charge >= 0.3 is 0 Å². The third-order valence-electron chi connectivity index (χ3n) is 4.99. The summed E-state index contributed by atoms with van der Waals surface area (Å²) in [6.45, 7) is 10.2. The number of likely N-dealkylation sites (N-methyl/N-ethyl adjacent to an activating group) is 1. The van der Waals surface area contributed by atoms with Crippen LogP contribution >= 0.6 is 0 Å². The number of aryl methyl sites for hydroxylation is 2. The van der Waals surface area contributed by atoms with Crippen LogP contribution in [-0.4, -0.2) is 49.6 Å². The Morgan fingerprint density at radius 3 is 2.62 bits per heavy atom. The summed E-state index contributed by atoms with van der Waals surface area (Å²) < 4.78 is 5.38. The first-order valence-electron chi connectivity index (χ1n) is 8.72. The highest BCUT2D eigenvalue weighted by atomic mass is 16.5. The zero-order valence-electron chi connectivity index (χ0n) is 15.8. The molecule has 1 fully saturated rings. The molecular formula is C19H31N3O2. The van der Waals surface area contributed by atoms with E-state index in [0.29, 0.717) is 12.1 Å². The second-order valence-electron chi connectivity index (χ2n) is 6.98. The fourth-order valence-electron chi connectivity index (χ4n) is 3.52. The van der Waals surface area contributed by atoms with Crippen molar-refractivity contribution in [2.45, 2.75) is 58.8 Å². The van der Waals surface area contributed by atoms with E-state index in [9.17, 15) is 4.79 Å². The molecule has 134 valence electrons. The van der Waals surface area contributed by atoms with Crippen LogP contribution in [0.1, 0.15) is 37.0 Å². The largest absolute Gasteiger partial charge is 0.496 e. The molecule has 1 saturated heterocycles. The summed E-state index contributed by atoms with van der Waals surface area (Å²) in [5, 5.41) is 6.43. The molecule has 0 aliphatic carbocycles. The Morgan fingerprint density at radius 2 is 2.04 bits per heavy atom. The molecule has 0 saturated carbocycles. The van der Waals surface area contributed by atoms with E-state index in [1.165, 1.54) is 11.1 Å². The molecule has 0 radical (unpaired) electrons. The number of likely N-dealkylation sites (tertiary alicyclic amines) is 1. The standard InChI is InChI=1S/C19H31N3O2/c1-12(2)22-11-16(9-17(22)19(23)20-5)21-10-15-7-14(4)18(24-6)8-13(15)3/h7-8,12,16-17,21H,9-11H2,1-6H3,(H,20,23)/t16-,17+/m1/s1. The van der Waals surface area contributed by atoms with E-state index in [1.54, 1.807) is 14.2 Å². The Labute approximate surface area is 145 Å². The van der Waals surface area contributed by atoms with Crippen molar-refractivity contribution in [1.29, 1.82) is 0 Å². The first-order valence-corrected chi connectivity index (χ1v) is 8.72. The molecule has 2 atom stereocenters. The molecule has 5 nitrogen and oxygen atoms in total. The summed E-state index contributed by atoms with van der Waals surface area (Å²) in [4.78, 5) is 14.4. The molecule has 0 aromatic heterocycles. The smallest absolute Gasteiger partial charge is 0.237 e. The van der Waals surface area contributed by atoms with Gasteiger partial charge in [0, 0.05) is 32.2 Å². The van der Waals surface area contributed by atoms with Gasteiger partial charge in [0.2, 0.25) is 5.91 Å². The fourth-order valence-corrected chi connectivity index (χ4v) is 3.52. The number of nitrogens with one attached hydrogen (secondary N) is 2. The lowest BCUT2D eigenvalue weighted by molar-refractivity contribution is -0.125. The van der Waals surface area contributed by atoms with Crippen LogP contribution < -0.4 is 15.4 Å². The van der Waals surface area contributed by atoms with Crippen molar-refractivity contribution >= 4 is 5.91 Å². The summed E-state index contributed by atoms with van der Waals surface area (Å²) in [5.41, 5.74) is 3.66.